The summed E-state index contributed by atoms with van der Waals surface area (Å²) >= 11 is 0. The molecular formula is C9H7NO3. The van der Waals surface area contributed by atoms with Gasteiger partial charge in [-0.05, 0) is 6.07 Å². The largest absolute Gasteiger partial charge is 0.477 e. The summed E-state index contributed by atoms with van der Waals surface area (Å²) in [6, 6.07) is 1.42. The third kappa shape index (κ3) is 2.49. The Morgan fingerprint density at radius 3 is 3.00 bits per heavy atom. The van der Waals surface area contributed by atoms with E-state index in [1.165, 1.54) is 12.3 Å². The number of carboxylic acid groups (broad SMARTS) is 1. The van der Waals surface area contributed by atoms with Crippen LogP contribution in [0, 0.1) is 11.8 Å². The van der Waals surface area contributed by atoms with Crippen LogP contribution in [0.4, 0.5) is 0 Å². The van der Waals surface area contributed by atoms with E-state index in [0.29, 0.717) is 11.8 Å². The van der Waals surface area contributed by atoms with E-state index >= 15 is 0 Å². The maximum atomic E-state index is 10.4. The summed E-state index contributed by atoms with van der Waals surface area (Å²) in [6.07, 6.45) is 2.34. The maximum absolute atomic E-state index is 10.4. The number of nitrogens with one attached hydrogen (secondary N) is 1. The molecule has 0 aliphatic heterocycles. The van der Waals surface area contributed by atoms with Crippen LogP contribution in [0.5, 0.6) is 0 Å². The predicted octanol–water partition coefficient (Wildman–Crippen LogP) is 0.653. The Labute approximate surface area is 74.6 Å². The van der Waals surface area contributed by atoms with E-state index in [0.717, 1.165) is 0 Å². The Bertz CT molecular complexity index is 381. The fraction of sp³-hybridized carbons (Fsp3) is 0.111. The number of hydrogen-bond donors (Lipinski definition) is 2. The molecule has 13 heavy (non-hydrogen) atoms. The van der Waals surface area contributed by atoms with Crippen LogP contribution in [0.25, 0.3) is 0 Å². The Kier molecular flexibility index (Phi) is 2.87. The molecule has 0 saturated heterocycles. The lowest BCUT2D eigenvalue weighted by molar-refractivity contribution is -0.107. The highest BCUT2D eigenvalue weighted by molar-refractivity contribution is 5.86. The van der Waals surface area contributed by atoms with Gasteiger partial charge in [-0.3, -0.25) is 0 Å². The topological polar surface area (TPSA) is 70.2 Å². The molecule has 0 fully saturated rings. The monoisotopic (exact) mass is 177 g/mol. The van der Waals surface area contributed by atoms with Crippen LogP contribution < -0.4 is 0 Å². The molecule has 0 unspecified atom stereocenters. The van der Waals surface area contributed by atoms with Gasteiger partial charge in [-0.1, -0.05) is 11.8 Å². The second kappa shape index (κ2) is 4.12. The van der Waals surface area contributed by atoms with Gasteiger partial charge in [0.05, 0.1) is 6.42 Å². The second-order valence-electron chi connectivity index (χ2n) is 2.28. The van der Waals surface area contributed by atoms with E-state index < -0.39 is 5.97 Å². The number of carbonyl (C=O) groups excluding carboxylic acids is 1. The number of hydrogen-bond acceptors (Lipinski definition) is 2. The van der Waals surface area contributed by atoms with E-state index in [2.05, 4.69) is 16.8 Å². The average Bonchev–Trinajstić information content (AvgIpc) is 2.53. The third-order valence-corrected chi connectivity index (χ3v) is 1.33. The Morgan fingerprint density at radius 1 is 1.69 bits per heavy atom. The molecule has 2 N–H and O–H groups in total. The van der Waals surface area contributed by atoms with E-state index in [1.54, 1.807) is 0 Å². The Morgan fingerprint density at radius 2 is 2.46 bits per heavy atom. The number of aromatic nitrogens is 1. The van der Waals surface area contributed by atoms with Gasteiger partial charge in [0.1, 0.15) is 12.0 Å². The molecule has 0 radical (unpaired) electrons. The van der Waals surface area contributed by atoms with Crippen molar-refractivity contribution in [3.63, 3.8) is 0 Å². The van der Waals surface area contributed by atoms with Crippen LogP contribution in [-0.4, -0.2) is 22.3 Å². The number of carbonyl (C=O) groups is 2. The van der Waals surface area contributed by atoms with Crippen LogP contribution in [0.2, 0.25) is 0 Å². The summed E-state index contributed by atoms with van der Waals surface area (Å²) in [5, 5.41) is 8.53. The molecule has 0 saturated carbocycles. The van der Waals surface area contributed by atoms with Gasteiger partial charge in [-0.15, -0.1) is 0 Å². The number of aromatic amines is 1. The first-order valence-electron chi connectivity index (χ1n) is 3.58. The van der Waals surface area contributed by atoms with Crippen molar-refractivity contribution < 1.29 is 14.7 Å². The summed E-state index contributed by atoms with van der Waals surface area (Å²) in [5.74, 6) is 4.19. The lowest BCUT2D eigenvalue weighted by atomic mass is 10.3. The molecule has 4 nitrogen and oxygen atoms in total. The smallest absolute Gasteiger partial charge is 0.352 e. The SMILES string of the molecule is O=CCC#Cc1c[nH]c(C(=O)O)c1. The zero-order valence-electron chi connectivity index (χ0n) is 6.70. The Balaban J connectivity index is 2.76. The third-order valence-electron chi connectivity index (χ3n) is 1.33. The summed E-state index contributed by atoms with van der Waals surface area (Å²) in [7, 11) is 0. The van der Waals surface area contributed by atoms with Crippen LogP contribution in [0.3, 0.4) is 0 Å². The first kappa shape index (κ1) is 9.07. The summed E-state index contributed by atoms with van der Waals surface area (Å²) in [4.78, 5) is 22.9. The van der Waals surface area contributed by atoms with Gasteiger partial charge in [0, 0.05) is 11.8 Å². The van der Waals surface area contributed by atoms with Crippen molar-refractivity contribution in [2.45, 2.75) is 6.42 Å². The Hall–Kier alpha value is -2.02. The highest BCUT2D eigenvalue weighted by atomic mass is 16.4. The maximum Gasteiger partial charge on any atom is 0.352 e. The van der Waals surface area contributed by atoms with Gasteiger partial charge in [-0.2, -0.15) is 0 Å². The molecule has 0 aromatic carbocycles. The van der Waals surface area contributed by atoms with E-state index in [-0.39, 0.29) is 12.1 Å². The van der Waals surface area contributed by atoms with Crippen molar-refractivity contribution in [2.24, 2.45) is 0 Å². The van der Waals surface area contributed by atoms with Crippen molar-refractivity contribution in [2.75, 3.05) is 0 Å². The number of carboxylic acids is 1. The van der Waals surface area contributed by atoms with Gasteiger partial charge >= 0.3 is 5.97 Å². The molecule has 0 aliphatic rings. The van der Waals surface area contributed by atoms with E-state index in [9.17, 15) is 9.59 Å². The van der Waals surface area contributed by atoms with Crippen LogP contribution in [0.15, 0.2) is 12.3 Å². The number of H-pyrrole nitrogens is 1. The van der Waals surface area contributed by atoms with E-state index in [1.807, 2.05) is 0 Å². The molecule has 0 spiro atoms. The summed E-state index contributed by atoms with van der Waals surface area (Å²) in [6.45, 7) is 0. The van der Waals surface area contributed by atoms with Gasteiger partial charge in [0.25, 0.3) is 0 Å². The fourth-order valence-corrected chi connectivity index (χ4v) is 0.785. The zero-order valence-corrected chi connectivity index (χ0v) is 6.70. The molecular weight excluding hydrogens is 170 g/mol. The minimum atomic E-state index is -1.02. The molecule has 66 valence electrons. The number of rotatable bonds is 2. The minimum Gasteiger partial charge on any atom is -0.477 e. The van der Waals surface area contributed by atoms with Crippen molar-refractivity contribution in [3.8, 4) is 11.8 Å². The molecule has 1 heterocycles. The molecule has 1 rings (SSSR count). The standard InChI is InChI=1S/C9H7NO3/c11-4-2-1-3-7-5-8(9(12)13)10-6-7/h4-6,10H,2H2,(H,12,13). The quantitative estimate of drug-likeness (QED) is 0.514. The zero-order chi connectivity index (χ0) is 9.68. The highest BCUT2D eigenvalue weighted by Crippen LogP contribution is 2.01. The van der Waals surface area contributed by atoms with Gasteiger partial charge < -0.3 is 14.9 Å². The second-order valence-corrected chi connectivity index (χ2v) is 2.28. The number of aldehydes is 1. The number of aromatic carboxylic acids is 1. The highest BCUT2D eigenvalue weighted by Gasteiger charge is 2.03. The normalized spacial score (nSPS) is 8.62. The molecule has 4 heteroatoms. The van der Waals surface area contributed by atoms with Crippen LogP contribution >= 0.6 is 0 Å². The van der Waals surface area contributed by atoms with Crippen LogP contribution in [0.1, 0.15) is 22.5 Å². The van der Waals surface area contributed by atoms with Crippen molar-refractivity contribution >= 4 is 12.3 Å². The minimum absolute atomic E-state index is 0.0930. The first-order chi connectivity index (χ1) is 6.24. The average molecular weight is 177 g/mol. The molecule has 0 bridgehead atoms. The summed E-state index contributed by atoms with van der Waals surface area (Å²) < 4.78 is 0. The fourth-order valence-electron chi connectivity index (χ4n) is 0.785. The van der Waals surface area contributed by atoms with E-state index in [4.69, 9.17) is 5.11 Å². The van der Waals surface area contributed by atoms with Crippen LogP contribution in [-0.2, 0) is 4.79 Å². The molecule has 1 aromatic rings. The van der Waals surface area contributed by atoms with Crippen molar-refractivity contribution in [1.82, 2.24) is 4.98 Å². The molecule has 0 aliphatic carbocycles. The first-order valence-corrected chi connectivity index (χ1v) is 3.58. The van der Waals surface area contributed by atoms with Gasteiger partial charge in [0.15, 0.2) is 0 Å². The molecule has 0 atom stereocenters. The van der Waals surface area contributed by atoms with Crippen molar-refractivity contribution in [1.29, 1.82) is 0 Å². The van der Waals surface area contributed by atoms with Gasteiger partial charge in [0.2, 0.25) is 0 Å². The molecule has 0 amide bonds. The predicted molar refractivity (Wildman–Crippen MR) is 45.3 cm³/mol. The lowest BCUT2D eigenvalue weighted by Crippen LogP contribution is -1.94. The lowest BCUT2D eigenvalue weighted by Gasteiger charge is -1.81. The summed E-state index contributed by atoms with van der Waals surface area (Å²) in [5.41, 5.74) is 0.662. The van der Waals surface area contributed by atoms with Crippen molar-refractivity contribution in [3.05, 3.63) is 23.5 Å². The van der Waals surface area contributed by atoms with Gasteiger partial charge in [-0.25, -0.2) is 4.79 Å². The molecule has 1 aromatic heterocycles.